The van der Waals surface area contributed by atoms with E-state index in [9.17, 15) is 0 Å². The molecule has 0 spiro atoms. The Bertz CT molecular complexity index is 1460. The van der Waals surface area contributed by atoms with E-state index in [1.54, 1.807) is 21.3 Å². The van der Waals surface area contributed by atoms with Gasteiger partial charge < -0.3 is 28.0 Å². The molecule has 2 aromatic heterocycles. The normalized spacial score (nSPS) is 10.8. The number of nitrogens with zero attached hydrogens (tertiary/aromatic N) is 2. The van der Waals surface area contributed by atoms with Crippen molar-refractivity contribution in [2.75, 3.05) is 21.3 Å². The van der Waals surface area contributed by atoms with Crippen molar-refractivity contribution < 1.29 is 28.0 Å². The maximum absolute atomic E-state index is 5.96. The predicted octanol–water partition coefficient (Wildman–Crippen LogP) is 6.27. The summed E-state index contributed by atoms with van der Waals surface area (Å²) in [4.78, 5) is 0. The van der Waals surface area contributed by atoms with Crippen molar-refractivity contribution in [2.24, 2.45) is 0 Å². The fourth-order valence-electron chi connectivity index (χ4n) is 3.76. The quantitative estimate of drug-likeness (QED) is 0.242. The molecule has 0 bridgehead atoms. The number of aromatic nitrogens is 2. The van der Waals surface area contributed by atoms with E-state index in [4.69, 9.17) is 28.0 Å². The molecule has 0 aliphatic heterocycles. The second-order valence-electron chi connectivity index (χ2n) is 7.84. The summed E-state index contributed by atoms with van der Waals surface area (Å²) >= 11 is 0. The molecule has 0 saturated carbocycles. The van der Waals surface area contributed by atoms with Crippen molar-refractivity contribution in [1.29, 1.82) is 0 Å². The van der Waals surface area contributed by atoms with Gasteiger partial charge in [0.05, 0.1) is 21.3 Å². The summed E-state index contributed by atoms with van der Waals surface area (Å²) in [7, 11) is 4.78. The highest BCUT2D eigenvalue weighted by Gasteiger charge is 2.14. The molecular formula is C28H24N2O6. The van der Waals surface area contributed by atoms with Gasteiger partial charge >= 0.3 is 0 Å². The van der Waals surface area contributed by atoms with Crippen LogP contribution in [0, 0.1) is 0 Å². The minimum absolute atomic E-state index is 0.179. The van der Waals surface area contributed by atoms with E-state index >= 15 is 0 Å². The largest absolute Gasteiger partial charge is 0.493 e. The molecule has 8 heteroatoms. The van der Waals surface area contributed by atoms with Crippen molar-refractivity contribution in [3.05, 3.63) is 84.6 Å². The molecular weight excluding hydrogens is 460 g/mol. The first-order chi connectivity index (χ1) is 17.7. The zero-order valence-corrected chi connectivity index (χ0v) is 20.1. The van der Waals surface area contributed by atoms with Gasteiger partial charge in [-0.05, 0) is 36.4 Å². The lowest BCUT2D eigenvalue weighted by Gasteiger charge is -2.10. The fraction of sp³-hybridized carbons (Fsp3) is 0.143. The molecule has 2 heterocycles. The summed E-state index contributed by atoms with van der Waals surface area (Å²) in [6, 6.07) is 24.7. The van der Waals surface area contributed by atoms with Crippen LogP contribution in [0.4, 0.5) is 0 Å². The van der Waals surface area contributed by atoms with Crippen LogP contribution in [0.3, 0.4) is 0 Å². The van der Waals surface area contributed by atoms with Crippen LogP contribution in [-0.2, 0) is 6.61 Å². The van der Waals surface area contributed by atoms with E-state index in [0.29, 0.717) is 45.9 Å². The average Bonchev–Trinajstić information content (AvgIpc) is 3.62. The molecule has 0 amide bonds. The van der Waals surface area contributed by atoms with Crippen LogP contribution < -0.4 is 18.9 Å². The van der Waals surface area contributed by atoms with Crippen LogP contribution in [-0.4, -0.2) is 31.6 Å². The number of benzene rings is 3. The Morgan fingerprint density at radius 1 is 0.583 bits per heavy atom. The van der Waals surface area contributed by atoms with Crippen molar-refractivity contribution in [2.45, 2.75) is 6.61 Å². The molecule has 0 N–H and O–H groups in total. The van der Waals surface area contributed by atoms with E-state index in [2.05, 4.69) is 10.3 Å². The molecule has 0 saturated heterocycles. The highest BCUT2D eigenvalue weighted by atomic mass is 16.5. The zero-order valence-electron chi connectivity index (χ0n) is 20.1. The molecule has 5 rings (SSSR count). The van der Waals surface area contributed by atoms with Crippen molar-refractivity contribution in [3.63, 3.8) is 0 Å². The van der Waals surface area contributed by atoms with E-state index in [-0.39, 0.29) is 6.61 Å². The van der Waals surface area contributed by atoms with Gasteiger partial charge in [-0.3, -0.25) is 0 Å². The van der Waals surface area contributed by atoms with Gasteiger partial charge in [0.25, 0.3) is 0 Å². The standard InChI is InChI=1S/C28H24N2O6/c1-31-24-11-9-19(13-27(24)32-2)22-15-21(35-29-22)17-34-25-12-10-20(14-28(25)33-3)23-16-26(36-30-23)18-7-5-4-6-8-18/h4-16H,17H2,1-3H3. The summed E-state index contributed by atoms with van der Waals surface area (Å²) in [5.74, 6) is 3.65. The Morgan fingerprint density at radius 2 is 1.19 bits per heavy atom. The molecule has 0 atom stereocenters. The molecule has 182 valence electrons. The Morgan fingerprint density at radius 3 is 1.89 bits per heavy atom. The van der Waals surface area contributed by atoms with Gasteiger partial charge in [0.1, 0.15) is 18.0 Å². The van der Waals surface area contributed by atoms with Crippen LogP contribution >= 0.6 is 0 Å². The van der Waals surface area contributed by atoms with Crippen molar-refractivity contribution >= 4 is 0 Å². The van der Waals surface area contributed by atoms with Gasteiger partial charge in [-0.2, -0.15) is 0 Å². The minimum atomic E-state index is 0.179. The lowest BCUT2D eigenvalue weighted by atomic mass is 10.1. The van der Waals surface area contributed by atoms with Gasteiger partial charge in [-0.1, -0.05) is 40.6 Å². The molecule has 3 aromatic carbocycles. The van der Waals surface area contributed by atoms with Gasteiger partial charge in [0, 0.05) is 28.8 Å². The van der Waals surface area contributed by atoms with Gasteiger partial charge in [0.15, 0.2) is 34.5 Å². The molecule has 36 heavy (non-hydrogen) atoms. The van der Waals surface area contributed by atoms with Gasteiger partial charge in [-0.25, -0.2) is 0 Å². The van der Waals surface area contributed by atoms with Gasteiger partial charge in [0.2, 0.25) is 0 Å². The molecule has 0 radical (unpaired) electrons. The first kappa shape index (κ1) is 23.0. The Balaban J connectivity index is 1.30. The van der Waals surface area contributed by atoms with Crippen LogP contribution in [0.1, 0.15) is 5.76 Å². The predicted molar refractivity (Wildman–Crippen MR) is 133 cm³/mol. The maximum atomic E-state index is 5.96. The minimum Gasteiger partial charge on any atom is -0.493 e. The Labute approximate surface area is 208 Å². The van der Waals surface area contributed by atoms with Crippen LogP contribution in [0.2, 0.25) is 0 Å². The zero-order chi connectivity index (χ0) is 24.9. The molecule has 5 aromatic rings. The SMILES string of the molecule is COc1ccc(-c2cc(COc3ccc(-c4cc(-c5ccccc5)on4)cc3OC)on2)cc1OC. The highest BCUT2D eigenvalue weighted by Crippen LogP contribution is 2.35. The first-order valence-corrected chi connectivity index (χ1v) is 11.2. The summed E-state index contributed by atoms with van der Waals surface area (Å²) in [5.41, 5.74) is 4.01. The number of hydrogen-bond acceptors (Lipinski definition) is 8. The Kier molecular flexibility index (Phi) is 6.57. The molecule has 0 fully saturated rings. The lowest BCUT2D eigenvalue weighted by Crippen LogP contribution is -1.97. The number of ether oxygens (including phenoxy) is 4. The lowest BCUT2D eigenvalue weighted by molar-refractivity contribution is 0.239. The monoisotopic (exact) mass is 484 g/mol. The fourth-order valence-corrected chi connectivity index (χ4v) is 3.76. The van der Waals surface area contributed by atoms with E-state index in [1.165, 1.54) is 0 Å². The first-order valence-electron chi connectivity index (χ1n) is 11.2. The maximum Gasteiger partial charge on any atom is 0.174 e. The topological polar surface area (TPSA) is 89.0 Å². The summed E-state index contributed by atoms with van der Waals surface area (Å²) in [5, 5.41) is 8.36. The number of hydrogen-bond donors (Lipinski definition) is 0. The third kappa shape index (κ3) is 4.74. The second-order valence-corrected chi connectivity index (χ2v) is 7.84. The molecule has 0 unspecified atom stereocenters. The summed E-state index contributed by atoms with van der Waals surface area (Å²) < 4.78 is 33.2. The third-order valence-corrected chi connectivity index (χ3v) is 5.64. The second kappa shape index (κ2) is 10.3. The van der Waals surface area contributed by atoms with Crippen LogP contribution in [0.5, 0.6) is 23.0 Å². The molecule has 0 aliphatic rings. The number of rotatable bonds is 9. The average molecular weight is 485 g/mol. The van der Waals surface area contributed by atoms with Crippen molar-refractivity contribution in [1.82, 2.24) is 10.3 Å². The van der Waals surface area contributed by atoms with Crippen LogP contribution in [0.25, 0.3) is 33.8 Å². The van der Waals surface area contributed by atoms with Crippen LogP contribution in [0.15, 0.2) is 87.9 Å². The van der Waals surface area contributed by atoms with Gasteiger partial charge in [-0.15, -0.1) is 0 Å². The summed E-state index contributed by atoms with van der Waals surface area (Å²) in [6.45, 7) is 0.179. The van der Waals surface area contributed by atoms with Crippen molar-refractivity contribution in [3.8, 4) is 56.8 Å². The van der Waals surface area contributed by atoms with E-state index < -0.39 is 0 Å². The summed E-state index contributed by atoms with van der Waals surface area (Å²) in [6.07, 6.45) is 0. The molecule has 0 aliphatic carbocycles. The highest BCUT2D eigenvalue weighted by molar-refractivity contribution is 5.69. The van der Waals surface area contributed by atoms with E-state index in [1.807, 2.05) is 78.9 Å². The smallest absolute Gasteiger partial charge is 0.174 e. The number of methoxy groups -OCH3 is 3. The van der Waals surface area contributed by atoms with E-state index in [0.717, 1.165) is 16.7 Å². The Hall–Kier alpha value is -4.72. The third-order valence-electron chi connectivity index (χ3n) is 5.64. The molecule has 8 nitrogen and oxygen atoms in total.